The molecule has 0 fully saturated rings. The number of imidazole rings is 1. The molecule has 0 aliphatic carbocycles. The summed E-state index contributed by atoms with van der Waals surface area (Å²) in [6.45, 7) is 0.249. The Morgan fingerprint density at radius 3 is 2.94 bits per heavy atom. The minimum atomic E-state index is -1.13. The second-order valence-corrected chi connectivity index (χ2v) is 7.49. The van der Waals surface area contributed by atoms with Crippen LogP contribution < -0.4 is 0 Å². The topological polar surface area (TPSA) is 132 Å². The molecule has 5 aromatic rings. The quantitative estimate of drug-likeness (QED) is 0.441. The van der Waals surface area contributed by atoms with Crippen molar-refractivity contribution in [2.45, 2.75) is 12.5 Å². The molecule has 1 aliphatic rings. The maximum Gasteiger partial charge on any atom is 0.312 e. The van der Waals surface area contributed by atoms with Crippen LogP contribution in [0.25, 0.3) is 22.6 Å². The number of aromatic nitrogens is 7. The van der Waals surface area contributed by atoms with E-state index in [0.717, 1.165) is 11.8 Å². The normalized spacial score (nSPS) is 15.8. The Labute approximate surface area is 183 Å². The summed E-state index contributed by atoms with van der Waals surface area (Å²) in [7, 11) is 1.74. The van der Waals surface area contributed by atoms with Crippen molar-refractivity contribution < 1.29 is 22.4 Å². The number of carbonyl (C=O) groups is 1. The summed E-state index contributed by atoms with van der Waals surface area (Å²) in [6, 6.07) is 1.33. The third-order valence-electron chi connectivity index (χ3n) is 5.45. The molecule has 1 atom stereocenters. The van der Waals surface area contributed by atoms with Crippen LogP contribution in [0.2, 0.25) is 0 Å². The monoisotopic (exact) mass is 452 g/mol. The lowest BCUT2D eigenvalue weighted by atomic mass is 10.0. The second kappa shape index (κ2) is 7.05. The van der Waals surface area contributed by atoms with Crippen molar-refractivity contribution in [3.8, 4) is 11.5 Å². The number of H-pyrrole nitrogens is 1. The van der Waals surface area contributed by atoms with E-state index in [9.17, 15) is 13.6 Å². The highest BCUT2D eigenvalue weighted by molar-refractivity contribution is 5.90. The van der Waals surface area contributed by atoms with Crippen LogP contribution in [-0.2, 0) is 13.5 Å². The van der Waals surface area contributed by atoms with Gasteiger partial charge in [0.15, 0.2) is 23.3 Å². The fourth-order valence-electron chi connectivity index (χ4n) is 3.90. The number of benzene rings is 1. The van der Waals surface area contributed by atoms with E-state index in [1.807, 2.05) is 0 Å². The van der Waals surface area contributed by atoms with E-state index in [1.54, 1.807) is 17.9 Å². The number of aryl methyl sites for hydroxylation is 1. The highest BCUT2D eigenvalue weighted by Gasteiger charge is 2.40. The van der Waals surface area contributed by atoms with Gasteiger partial charge in [-0.15, -0.1) is 10.2 Å². The van der Waals surface area contributed by atoms with Gasteiger partial charge in [-0.2, -0.15) is 5.10 Å². The molecule has 6 rings (SSSR count). The molecule has 11 nitrogen and oxygen atoms in total. The van der Waals surface area contributed by atoms with E-state index < -0.39 is 23.6 Å². The number of aromatic amines is 1. The van der Waals surface area contributed by atoms with Crippen LogP contribution in [-0.4, -0.2) is 52.3 Å². The summed E-state index contributed by atoms with van der Waals surface area (Å²) >= 11 is 0. The average molecular weight is 452 g/mol. The number of rotatable bonds is 3. The van der Waals surface area contributed by atoms with Crippen LogP contribution in [0.4, 0.5) is 8.78 Å². The van der Waals surface area contributed by atoms with Crippen LogP contribution >= 0.6 is 0 Å². The Bertz CT molecular complexity index is 1520. The van der Waals surface area contributed by atoms with Gasteiger partial charge in [-0.1, -0.05) is 0 Å². The minimum absolute atomic E-state index is 0.0112. The van der Waals surface area contributed by atoms with Crippen LogP contribution in [0.3, 0.4) is 0 Å². The van der Waals surface area contributed by atoms with Crippen molar-refractivity contribution in [3.05, 3.63) is 65.7 Å². The number of nitrogens with one attached hydrogen (secondary N) is 1. The predicted octanol–water partition coefficient (Wildman–Crippen LogP) is 2.40. The SMILES string of the molecule is Cn1cc(-c2nnc(C(=O)N3CCc4[nH]cnc4[C@H]3c3nc4c(F)c(F)ccc4o3)o2)cn1. The van der Waals surface area contributed by atoms with E-state index in [2.05, 4.69) is 30.2 Å². The molecular formula is C20H14F2N8O3. The molecule has 5 heterocycles. The fraction of sp³-hybridized carbons (Fsp3) is 0.200. The van der Waals surface area contributed by atoms with Crippen molar-refractivity contribution in [2.24, 2.45) is 7.05 Å². The van der Waals surface area contributed by atoms with Gasteiger partial charge in [0.1, 0.15) is 5.52 Å². The van der Waals surface area contributed by atoms with Crippen molar-refractivity contribution in [1.82, 2.24) is 39.8 Å². The maximum atomic E-state index is 14.3. The lowest BCUT2D eigenvalue weighted by Gasteiger charge is -2.31. The maximum absolute atomic E-state index is 14.3. The first-order chi connectivity index (χ1) is 16.0. The molecule has 0 radical (unpaired) electrons. The van der Waals surface area contributed by atoms with Crippen LogP contribution in [0, 0.1) is 11.6 Å². The average Bonchev–Trinajstić information content (AvgIpc) is 3.60. The van der Waals surface area contributed by atoms with Crippen LogP contribution in [0.1, 0.15) is 34.0 Å². The lowest BCUT2D eigenvalue weighted by Crippen LogP contribution is -2.41. The van der Waals surface area contributed by atoms with E-state index >= 15 is 0 Å². The molecule has 1 N–H and O–H groups in total. The van der Waals surface area contributed by atoms with Crippen molar-refractivity contribution >= 4 is 17.0 Å². The smallest absolute Gasteiger partial charge is 0.312 e. The highest BCUT2D eigenvalue weighted by atomic mass is 19.2. The van der Waals surface area contributed by atoms with Gasteiger partial charge in [-0.05, 0) is 12.1 Å². The number of nitrogens with zero attached hydrogens (tertiary/aromatic N) is 7. The fourth-order valence-corrected chi connectivity index (χ4v) is 3.90. The Hall–Kier alpha value is -4.42. The number of amides is 1. The molecule has 13 heteroatoms. The van der Waals surface area contributed by atoms with Crippen LogP contribution in [0.5, 0.6) is 0 Å². The molecule has 1 amide bonds. The van der Waals surface area contributed by atoms with Gasteiger partial charge < -0.3 is 18.7 Å². The third kappa shape index (κ3) is 3.00. The highest BCUT2D eigenvalue weighted by Crippen LogP contribution is 2.36. The van der Waals surface area contributed by atoms with Gasteiger partial charge >= 0.3 is 11.8 Å². The van der Waals surface area contributed by atoms with Gasteiger partial charge in [-0.25, -0.2) is 18.7 Å². The van der Waals surface area contributed by atoms with Gasteiger partial charge in [0.25, 0.3) is 5.89 Å². The Balaban J connectivity index is 1.42. The Kier molecular flexibility index (Phi) is 4.12. The molecule has 0 bridgehead atoms. The van der Waals surface area contributed by atoms with Gasteiger partial charge in [0.05, 0.1) is 23.8 Å². The number of halogens is 2. The second-order valence-electron chi connectivity index (χ2n) is 7.49. The largest absolute Gasteiger partial charge is 0.438 e. The summed E-state index contributed by atoms with van der Waals surface area (Å²) in [5.74, 6) is -2.87. The Morgan fingerprint density at radius 1 is 1.24 bits per heavy atom. The molecule has 0 spiro atoms. The van der Waals surface area contributed by atoms with Crippen molar-refractivity contribution in [3.63, 3.8) is 0 Å². The number of hydrogen-bond acceptors (Lipinski definition) is 8. The molecule has 0 saturated carbocycles. The lowest BCUT2D eigenvalue weighted by molar-refractivity contribution is 0.0627. The summed E-state index contributed by atoms with van der Waals surface area (Å²) in [5, 5.41) is 11.9. The van der Waals surface area contributed by atoms with Crippen molar-refractivity contribution in [1.29, 1.82) is 0 Å². The zero-order valence-corrected chi connectivity index (χ0v) is 17.0. The standard InChI is InChI=1S/C20H14F2N8O3/c1-29-7-9(6-25-29)17-27-28-19(33-17)20(31)30-5-4-11-14(24-8-23-11)16(30)18-26-15-12(32-18)3-2-10(21)13(15)22/h2-3,6-8,16H,4-5H2,1H3,(H,23,24)/t16-/m0/s1. The molecule has 0 saturated heterocycles. The molecule has 1 aromatic carbocycles. The van der Waals surface area contributed by atoms with Gasteiger partial charge in [0.2, 0.25) is 5.89 Å². The molecular weight excluding hydrogens is 438 g/mol. The van der Waals surface area contributed by atoms with E-state index in [0.29, 0.717) is 17.7 Å². The number of hydrogen-bond donors (Lipinski definition) is 1. The number of oxazole rings is 1. The minimum Gasteiger partial charge on any atom is -0.438 e. The summed E-state index contributed by atoms with van der Waals surface area (Å²) in [6.07, 6.45) is 5.17. The summed E-state index contributed by atoms with van der Waals surface area (Å²) in [4.78, 5) is 26.3. The first-order valence-electron chi connectivity index (χ1n) is 9.89. The molecule has 1 aliphatic heterocycles. The number of fused-ring (bicyclic) bond motifs is 2. The first kappa shape index (κ1) is 19.3. The van der Waals surface area contributed by atoms with Gasteiger partial charge in [0, 0.05) is 31.9 Å². The third-order valence-corrected chi connectivity index (χ3v) is 5.45. The number of carbonyl (C=O) groups excluding carboxylic acids is 1. The molecule has 0 unspecified atom stereocenters. The zero-order chi connectivity index (χ0) is 22.7. The van der Waals surface area contributed by atoms with Crippen molar-refractivity contribution in [2.75, 3.05) is 6.54 Å². The Morgan fingerprint density at radius 2 is 2.12 bits per heavy atom. The predicted molar refractivity (Wildman–Crippen MR) is 106 cm³/mol. The summed E-state index contributed by atoms with van der Waals surface area (Å²) in [5.41, 5.74) is 1.60. The zero-order valence-electron chi connectivity index (χ0n) is 17.0. The van der Waals surface area contributed by atoms with E-state index in [-0.39, 0.29) is 35.3 Å². The first-order valence-corrected chi connectivity index (χ1v) is 9.89. The van der Waals surface area contributed by atoms with E-state index in [4.69, 9.17) is 8.83 Å². The van der Waals surface area contributed by atoms with E-state index in [1.165, 1.54) is 23.5 Å². The van der Waals surface area contributed by atoms with Gasteiger partial charge in [-0.3, -0.25) is 9.48 Å². The van der Waals surface area contributed by atoms with Crippen LogP contribution in [0.15, 0.2) is 39.7 Å². The molecule has 166 valence electrons. The molecule has 4 aromatic heterocycles. The summed E-state index contributed by atoms with van der Waals surface area (Å²) < 4.78 is 40.8. The molecule has 33 heavy (non-hydrogen) atoms.